The van der Waals surface area contributed by atoms with Crippen molar-refractivity contribution in [3.8, 4) is 0 Å². The second-order valence-corrected chi connectivity index (χ2v) is 9.41. The van der Waals surface area contributed by atoms with E-state index in [1.165, 1.54) is 28.6 Å². The van der Waals surface area contributed by atoms with E-state index in [4.69, 9.17) is 9.72 Å². The summed E-state index contributed by atoms with van der Waals surface area (Å²) in [6, 6.07) is 0. The molecule has 6 nitrogen and oxygen atoms in total. The van der Waals surface area contributed by atoms with Crippen molar-refractivity contribution in [2.45, 2.75) is 51.2 Å². The number of methoxy groups -OCH3 is 1. The van der Waals surface area contributed by atoms with Crippen molar-refractivity contribution in [2.24, 2.45) is 0 Å². The molecule has 0 N–H and O–H groups in total. The summed E-state index contributed by atoms with van der Waals surface area (Å²) >= 11 is 2.97. The van der Waals surface area contributed by atoms with Crippen molar-refractivity contribution in [3.05, 3.63) is 32.9 Å². The van der Waals surface area contributed by atoms with Crippen LogP contribution in [-0.4, -0.2) is 52.9 Å². The molecule has 1 amide bonds. The Morgan fingerprint density at radius 2 is 2.14 bits per heavy atom. The molecule has 2 aromatic rings. The smallest absolute Gasteiger partial charge is 0.263 e. The molecule has 0 aromatic carbocycles. The Morgan fingerprint density at radius 1 is 1.38 bits per heavy atom. The van der Waals surface area contributed by atoms with Crippen LogP contribution in [0.5, 0.6) is 0 Å². The van der Waals surface area contributed by atoms with E-state index in [-0.39, 0.29) is 17.2 Å². The number of carbonyl (C=O) groups is 1. The predicted molar refractivity (Wildman–Crippen MR) is 120 cm³/mol. The molecule has 0 radical (unpaired) electrons. The van der Waals surface area contributed by atoms with Gasteiger partial charge in [-0.3, -0.25) is 14.2 Å². The zero-order chi connectivity index (χ0) is 21.0. The fraction of sp³-hybridized carbons (Fsp3) is 0.571. The van der Waals surface area contributed by atoms with E-state index in [1.807, 2.05) is 13.8 Å². The van der Waals surface area contributed by atoms with Gasteiger partial charge >= 0.3 is 0 Å². The molecule has 158 valence electrons. The number of thioether (sulfide) groups is 1. The minimum absolute atomic E-state index is 0.00400. The van der Waals surface area contributed by atoms with E-state index in [9.17, 15) is 9.59 Å². The van der Waals surface area contributed by atoms with E-state index in [1.54, 1.807) is 27.9 Å². The standard InChI is InChI=1S/C21H29N3O3S2/c1-5-23(12-14(2)3)17(25)13-28-21-22-19-18(20(26)24(21)10-11-27-4)15-8-6-7-9-16(15)29-19/h2,5-13H2,1,3-4H3. The molecular formula is C21H29N3O3S2. The van der Waals surface area contributed by atoms with Crippen LogP contribution in [0.15, 0.2) is 22.1 Å². The lowest BCUT2D eigenvalue weighted by Crippen LogP contribution is -2.34. The number of nitrogens with zero attached hydrogens (tertiary/aromatic N) is 3. The number of aryl methyl sites for hydroxylation is 2. The minimum Gasteiger partial charge on any atom is -0.383 e. The van der Waals surface area contributed by atoms with E-state index in [2.05, 4.69) is 6.58 Å². The molecule has 0 unspecified atom stereocenters. The Morgan fingerprint density at radius 3 is 2.83 bits per heavy atom. The van der Waals surface area contributed by atoms with Crippen LogP contribution < -0.4 is 5.56 Å². The Balaban J connectivity index is 1.92. The highest BCUT2D eigenvalue weighted by Gasteiger charge is 2.23. The third-order valence-corrected chi connectivity index (χ3v) is 7.23. The Kier molecular flexibility index (Phi) is 7.54. The molecule has 0 bridgehead atoms. The molecule has 0 atom stereocenters. The fourth-order valence-corrected chi connectivity index (χ4v) is 5.86. The molecule has 2 aromatic heterocycles. The van der Waals surface area contributed by atoms with Gasteiger partial charge in [0.05, 0.1) is 24.3 Å². The number of amides is 1. The highest BCUT2D eigenvalue weighted by molar-refractivity contribution is 7.99. The third-order valence-electron chi connectivity index (χ3n) is 5.08. The second kappa shape index (κ2) is 9.91. The number of carbonyl (C=O) groups excluding carboxylic acids is 1. The quantitative estimate of drug-likeness (QED) is 0.343. The van der Waals surface area contributed by atoms with Crippen LogP contribution >= 0.6 is 23.1 Å². The molecule has 0 saturated carbocycles. The monoisotopic (exact) mass is 435 g/mol. The number of hydrogen-bond donors (Lipinski definition) is 0. The van der Waals surface area contributed by atoms with Crippen molar-refractivity contribution in [1.29, 1.82) is 0 Å². The highest BCUT2D eigenvalue weighted by atomic mass is 32.2. The second-order valence-electron chi connectivity index (χ2n) is 7.39. The van der Waals surface area contributed by atoms with Crippen LogP contribution in [-0.2, 0) is 28.9 Å². The molecule has 1 aliphatic rings. The maximum atomic E-state index is 13.3. The van der Waals surface area contributed by atoms with Gasteiger partial charge in [0.2, 0.25) is 5.91 Å². The molecule has 0 spiro atoms. The van der Waals surface area contributed by atoms with Gasteiger partial charge in [-0.05, 0) is 45.1 Å². The van der Waals surface area contributed by atoms with Gasteiger partial charge in [0.25, 0.3) is 5.56 Å². The number of rotatable bonds is 9. The van der Waals surface area contributed by atoms with Gasteiger partial charge in [-0.15, -0.1) is 11.3 Å². The summed E-state index contributed by atoms with van der Waals surface area (Å²) < 4.78 is 6.89. The Hall–Kier alpha value is -1.64. The lowest BCUT2D eigenvalue weighted by Gasteiger charge is -2.21. The summed E-state index contributed by atoms with van der Waals surface area (Å²) in [6.07, 6.45) is 4.27. The topological polar surface area (TPSA) is 64.4 Å². The first-order valence-electron chi connectivity index (χ1n) is 10.0. The summed E-state index contributed by atoms with van der Waals surface area (Å²) in [5.74, 6) is 0.274. The zero-order valence-electron chi connectivity index (χ0n) is 17.5. The average molecular weight is 436 g/mol. The first kappa shape index (κ1) is 22.1. The lowest BCUT2D eigenvalue weighted by atomic mass is 9.97. The SMILES string of the molecule is C=C(C)CN(CC)C(=O)CSc1nc2sc3c(c2c(=O)n1CCOC)CCCC3. The number of aromatic nitrogens is 2. The molecule has 2 heterocycles. The van der Waals surface area contributed by atoms with Gasteiger partial charge in [0, 0.05) is 25.1 Å². The van der Waals surface area contributed by atoms with Crippen LogP contribution in [0.1, 0.15) is 37.1 Å². The van der Waals surface area contributed by atoms with E-state index < -0.39 is 0 Å². The summed E-state index contributed by atoms with van der Waals surface area (Å²) in [5, 5.41) is 1.37. The Bertz CT molecular complexity index is 964. The fourth-order valence-electron chi connectivity index (χ4n) is 3.63. The van der Waals surface area contributed by atoms with Gasteiger partial charge < -0.3 is 9.64 Å². The molecule has 0 aliphatic heterocycles. The largest absolute Gasteiger partial charge is 0.383 e. The lowest BCUT2D eigenvalue weighted by molar-refractivity contribution is -0.127. The number of fused-ring (bicyclic) bond motifs is 3. The first-order chi connectivity index (χ1) is 14.0. The van der Waals surface area contributed by atoms with Crippen LogP contribution in [0, 0.1) is 0 Å². The van der Waals surface area contributed by atoms with Crippen LogP contribution in [0.25, 0.3) is 10.2 Å². The van der Waals surface area contributed by atoms with Crippen molar-refractivity contribution in [2.75, 3.05) is 32.6 Å². The van der Waals surface area contributed by atoms with Crippen molar-refractivity contribution >= 4 is 39.2 Å². The zero-order valence-corrected chi connectivity index (χ0v) is 19.1. The number of ether oxygens (including phenoxy) is 1. The minimum atomic E-state index is -0.00400. The molecule has 3 rings (SSSR count). The van der Waals surface area contributed by atoms with Crippen LogP contribution in [0.3, 0.4) is 0 Å². The number of likely N-dealkylation sites (N-methyl/N-ethyl adjacent to an activating group) is 1. The third kappa shape index (κ3) is 4.92. The average Bonchev–Trinajstić information content (AvgIpc) is 3.08. The molecular weight excluding hydrogens is 406 g/mol. The summed E-state index contributed by atoms with van der Waals surface area (Å²) in [5.41, 5.74) is 2.13. The molecule has 0 fully saturated rings. The summed E-state index contributed by atoms with van der Waals surface area (Å²) in [6.45, 7) is 9.82. The maximum absolute atomic E-state index is 13.3. The Labute approximate surface area is 180 Å². The first-order valence-corrected chi connectivity index (χ1v) is 11.8. The molecule has 1 aliphatic carbocycles. The van der Waals surface area contributed by atoms with Crippen molar-refractivity contribution in [1.82, 2.24) is 14.5 Å². The molecule has 8 heteroatoms. The highest BCUT2D eigenvalue weighted by Crippen LogP contribution is 2.34. The van der Waals surface area contributed by atoms with Crippen molar-refractivity contribution in [3.63, 3.8) is 0 Å². The van der Waals surface area contributed by atoms with E-state index in [0.29, 0.717) is 31.4 Å². The summed E-state index contributed by atoms with van der Waals surface area (Å²) in [4.78, 5) is 34.7. The number of thiophene rings is 1. The molecule has 0 saturated heterocycles. The number of hydrogen-bond acceptors (Lipinski definition) is 6. The van der Waals surface area contributed by atoms with Crippen molar-refractivity contribution < 1.29 is 9.53 Å². The predicted octanol–water partition coefficient (Wildman–Crippen LogP) is 3.50. The van der Waals surface area contributed by atoms with Gasteiger partial charge in [0.1, 0.15) is 4.83 Å². The normalized spacial score (nSPS) is 13.5. The van der Waals surface area contributed by atoms with Gasteiger partial charge in [-0.2, -0.15) is 0 Å². The van der Waals surface area contributed by atoms with E-state index in [0.717, 1.165) is 35.1 Å². The van der Waals surface area contributed by atoms with Gasteiger partial charge in [0.15, 0.2) is 5.16 Å². The van der Waals surface area contributed by atoms with Gasteiger partial charge in [-0.1, -0.05) is 23.9 Å². The van der Waals surface area contributed by atoms with Gasteiger partial charge in [-0.25, -0.2) is 4.98 Å². The van der Waals surface area contributed by atoms with Crippen LogP contribution in [0.2, 0.25) is 0 Å². The van der Waals surface area contributed by atoms with Crippen LogP contribution in [0.4, 0.5) is 0 Å². The summed E-state index contributed by atoms with van der Waals surface area (Å²) in [7, 11) is 1.62. The molecule has 29 heavy (non-hydrogen) atoms. The maximum Gasteiger partial charge on any atom is 0.263 e. The van der Waals surface area contributed by atoms with E-state index >= 15 is 0 Å².